The van der Waals surface area contributed by atoms with Crippen LogP contribution in [-0.2, 0) is 16.0 Å². The Morgan fingerprint density at radius 3 is 2.55 bits per heavy atom. The van der Waals surface area contributed by atoms with Crippen molar-refractivity contribution in [2.45, 2.75) is 25.7 Å². The van der Waals surface area contributed by atoms with Crippen LogP contribution in [0.25, 0.3) is 0 Å². The highest BCUT2D eigenvalue weighted by atomic mass is 35.5. The molecule has 0 atom stereocenters. The smallest absolute Gasteiger partial charge is 0.222 e. The molecule has 1 heterocycles. The summed E-state index contributed by atoms with van der Waals surface area (Å²) in [5.74, 6) is 0.209. The molecule has 4 nitrogen and oxygen atoms in total. The van der Waals surface area contributed by atoms with Crippen LogP contribution in [0.1, 0.15) is 24.8 Å². The molecule has 0 spiro atoms. The zero-order valence-electron chi connectivity index (χ0n) is 12.6. The monoisotopic (exact) mass is 342 g/mol. The van der Waals surface area contributed by atoms with Crippen LogP contribution >= 0.6 is 23.2 Å². The Balaban J connectivity index is 1.82. The average Bonchev–Trinajstić information content (AvgIpc) is 2.53. The van der Waals surface area contributed by atoms with E-state index in [9.17, 15) is 9.59 Å². The summed E-state index contributed by atoms with van der Waals surface area (Å²) in [4.78, 5) is 25.7. The van der Waals surface area contributed by atoms with Crippen LogP contribution in [0, 0.1) is 5.92 Å². The number of nitrogens with one attached hydrogen (secondary N) is 1. The van der Waals surface area contributed by atoms with Gasteiger partial charge in [0.05, 0.1) is 0 Å². The van der Waals surface area contributed by atoms with Gasteiger partial charge >= 0.3 is 0 Å². The molecule has 2 amide bonds. The van der Waals surface area contributed by atoms with E-state index in [1.165, 1.54) is 0 Å². The largest absolute Gasteiger partial charge is 0.359 e. The third kappa shape index (κ3) is 4.37. The number of carbonyl (C=O) groups is 2. The molecular formula is C16H20Cl2N2O2. The van der Waals surface area contributed by atoms with Crippen LogP contribution in [0.15, 0.2) is 18.2 Å². The molecule has 120 valence electrons. The molecule has 2 rings (SSSR count). The van der Waals surface area contributed by atoms with Crippen molar-refractivity contribution in [3.8, 4) is 0 Å². The van der Waals surface area contributed by atoms with Crippen molar-refractivity contribution in [1.29, 1.82) is 0 Å². The van der Waals surface area contributed by atoms with E-state index in [2.05, 4.69) is 5.32 Å². The van der Waals surface area contributed by atoms with Crippen LogP contribution in [0.3, 0.4) is 0 Å². The van der Waals surface area contributed by atoms with Gasteiger partial charge in [0.2, 0.25) is 11.8 Å². The van der Waals surface area contributed by atoms with Crippen LogP contribution in [0.4, 0.5) is 0 Å². The quantitative estimate of drug-likeness (QED) is 0.914. The third-order valence-corrected chi connectivity index (χ3v) is 4.68. The number of piperidine rings is 1. The topological polar surface area (TPSA) is 49.4 Å². The van der Waals surface area contributed by atoms with E-state index in [0.29, 0.717) is 36.0 Å². The minimum absolute atomic E-state index is 0.0276. The summed E-state index contributed by atoms with van der Waals surface area (Å²) in [5.41, 5.74) is 0.930. The van der Waals surface area contributed by atoms with Gasteiger partial charge in [-0.05, 0) is 37.0 Å². The van der Waals surface area contributed by atoms with Crippen molar-refractivity contribution in [1.82, 2.24) is 10.2 Å². The molecule has 0 unspecified atom stereocenters. The van der Waals surface area contributed by atoms with Crippen LogP contribution in [0.2, 0.25) is 10.0 Å². The molecule has 1 aromatic carbocycles. The predicted molar refractivity (Wildman–Crippen MR) is 88.2 cm³/mol. The van der Waals surface area contributed by atoms with Gasteiger partial charge in [-0.25, -0.2) is 0 Å². The lowest BCUT2D eigenvalue weighted by atomic mass is 9.95. The number of hydrogen-bond acceptors (Lipinski definition) is 2. The predicted octanol–water partition coefficient (Wildman–Crippen LogP) is 2.91. The lowest BCUT2D eigenvalue weighted by molar-refractivity contribution is -0.135. The Bertz CT molecular complexity index is 555. The van der Waals surface area contributed by atoms with E-state index in [1.807, 2.05) is 11.0 Å². The van der Waals surface area contributed by atoms with Crippen molar-refractivity contribution in [2.75, 3.05) is 20.1 Å². The number of likely N-dealkylation sites (tertiary alicyclic amines) is 1. The molecule has 0 saturated carbocycles. The maximum absolute atomic E-state index is 12.3. The molecule has 0 aliphatic carbocycles. The van der Waals surface area contributed by atoms with E-state index in [0.717, 1.165) is 18.4 Å². The highest BCUT2D eigenvalue weighted by Crippen LogP contribution is 2.23. The summed E-state index contributed by atoms with van der Waals surface area (Å²) in [6.45, 7) is 1.29. The number of hydrogen-bond donors (Lipinski definition) is 1. The number of carbonyl (C=O) groups excluding carboxylic acids is 2. The van der Waals surface area contributed by atoms with Crippen molar-refractivity contribution in [3.05, 3.63) is 33.8 Å². The van der Waals surface area contributed by atoms with Gasteiger partial charge in [-0.3, -0.25) is 9.59 Å². The molecule has 1 aromatic rings. The van der Waals surface area contributed by atoms with Gasteiger partial charge in [-0.15, -0.1) is 0 Å². The number of nitrogens with zero attached hydrogens (tertiary/aromatic N) is 1. The lowest BCUT2D eigenvalue weighted by Gasteiger charge is -2.31. The van der Waals surface area contributed by atoms with Gasteiger partial charge < -0.3 is 10.2 Å². The molecule has 0 bridgehead atoms. The van der Waals surface area contributed by atoms with Crippen LogP contribution in [0.5, 0.6) is 0 Å². The zero-order valence-corrected chi connectivity index (χ0v) is 14.1. The summed E-state index contributed by atoms with van der Waals surface area (Å²) in [6, 6.07) is 5.33. The van der Waals surface area contributed by atoms with Crippen molar-refractivity contribution in [3.63, 3.8) is 0 Å². The minimum Gasteiger partial charge on any atom is -0.359 e. The van der Waals surface area contributed by atoms with Crippen molar-refractivity contribution >= 4 is 35.0 Å². The molecule has 1 fully saturated rings. The molecule has 1 N–H and O–H groups in total. The van der Waals surface area contributed by atoms with E-state index in [4.69, 9.17) is 23.2 Å². The summed E-state index contributed by atoms with van der Waals surface area (Å²) in [6.07, 6.45) is 2.48. The average molecular weight is 343 g/mol. The fourth-order valence-corrected chi connectivity index (χ4v) is 3.22. The Labute approximate surface area is 140 Å². The minimum atomic E-state index is 0.0276. The highest BCUT2D eigenvalue weighted by Gasteiger charge is 2.26. The van der Waals surface area contributed by atoms with Crippen LogP contribution < -0.4 is 5.32 Å². The normalized spacial score (nSPS) is 15.7. The lowest BCUT2D eigenvalue weighted by Crippen LogP contribution is -2.42. The Morgan fingerprint density at radius 2 is 1.95 bits per heavy atom. The number of amides is 2. The first kappa shape index (κ1) is 17.1. The summed E-state index contributed by atoms with van der Waals surface area (Å²) < 4.78 is 0. The van der Waals surface area contributed by atoms with Gasteiger partial charge in [-0.1, -0.05) is 29.3 Å². The highest BCUT2D eigenvalue weighted by molar-refractivity contribution is 6.35. The second-order valence-corrected chi connectivity index (χ2v) is 6.35. The van der Waals surface area contributed by atoms with Crippen LogP contribution in [-0.4, -0.2) is 36.9 Å². The zero-order chi connectivity index (χ0) is 16.1. The number of aryl methyl sites for hydroxylation is 1. The standard InChI is InChI=1S/C16H20Cl2N2O2/c1-19-16(22)12-6-8-20(9-7-12)15(21)5-3-11-2-4-13(17)10-14(11)18/h2,4,10,12H,3,5-9H2,1H3,(H,19,22). The molecule has 1 saturated heterocycles. The second kappa shape index (κ2) is 7.84. The van der Waals surface area contributed by atoms with Gasteiger partial charge in [0.25, 0.3) is 0 Å². The molecule has 1 aliphatic rings. The molecule has 1 aliphatic heterocycles. The summed E-state index contributed by atoms with van der Waals surface area (Å²) >= 11 is 12.0. The van der Waals surface area contributed by atoms with E-state index in [1.54, 1.807) is 19.2 Å². The van der Waals surface area contributed by atoms with Crippen molar-refractivity contribution in [2.24, 2.45) is 5.92 Å². The first-order valence-electron chi connectivity index (χ1n) is 7.44. The molecule has 22 heavy (non-hydrogen) atoms. The fourth-order valence-electron chi connectivity index (χ4n) is 2.72. The summed E-state index contributed by atoms with van der Waals surface area (Å²) in [5, 5.41) is 3.86. The Kier molecular flexibility index (Phi) is 6.09. The first-order valence-corrected chi connectivity index (χ1v) is 8.20. The molecule has 0 aromatic heterocycles. The number of halogens is 2. The van der Waals surface area contributed by atoms with Gasteiger partial charge in [0, 0.05) is 42.5 Å². The SMILES string of the molecule is CNC(=O)C1CCN(C(=O)CCc2ccc(Cl)cc2Cl)CC1. The van der Waals surface area contributed by atoms with E-state index >= 15 is 0 Å². The Hall–Kier alpha value is -1.26. The molecule has 0 radical (unpaired) electrons. The number of rotatable bonds is 4. The number of benzene rings is 1. The molecular weight excluding hydrogens is 323 g/mol. The van der Waals surface area contributed by atoms with Gasteiger partial charge in [-0.2, -0.15) is 0 Å². The maximum Gasteiger partial charge on any atom is 0.222 e. The van der Waals surface area contributed by atoms with E-state index in [-0.39, 0.29) is 17.7 Å². The maximum atomic E-state index is 12.3. The molecule has 6 heteroatoms. The summed E-state index contributed by atoms with van der Waals surface area (Å²) in [7, 11) is 1.65. The Morgan fingerprint density at radius 1 is 1.27 bits per heavy atom. The van der Waals surface area contributed by atoms with Crippen molar-refractivity contribution < 1.29 is 9.59 Å². The van der Waals surface area contributed by atoms with Gasteiger partial charge in [0.15, 0.2) is 0 Å². The van der Waals surface area contributed by atoms with Gasteiger partial charge in [0.1, 0.15) is 0 Å². The van der Waals surface area contributed by atoms with E-state index < -0.39 is 0 Å². The fraction of sp³-hybridized carbons (Fsp3) is 0.500. The first-order chi connectivity index (χ1) is 10.5. The third-order valence-electron chi connectivity index (χ3n) is 4.09. The second-order valence-electron chi connectivity index (χ2n) is 5.51.